The third kappa shape index (κ3) is 4.42. The van der Waals surface area contributed by atoms with Crippen LogP contribution in [-0.2, 0) is 17.9 Å². The van der Waals surface area contributed by atoms with E-state index >= 15 is 0 Å². The van der Waals surface area contributed by atoms with Gasteiger partial charge in [-0.3, -0.25) is 0 Å². The van der Waals surface area contributed by atoms with Gasteiger partial charge in [0.25, 0.3) is 0 Å². The molecule has 2 aromatic rings. The Labute approximate surface area is 123 Å². The zero-order valence-electron chi connectivity index (χ0n) is 11.7. The van der Waals surface area contributed by atoms with E-state index in [1.807, 2.05) is 36.4 Å². The molecule has 0 aromatic heterocycles. The predicted molar refractivity (Wildman–Crippen MR) is 80.0 cm³/mol. The van der Waals surface area contributed by atoms with E-state index in [4.69, 9.17) is 4.74 Å². The molecule has 0 fully saturated rings. The molecule has 5 nitrogen and oxygen atoms in total. The number of benzene rings is 2. The average molecular weight is 284 g/mol. The normalized spacial score (nSPS) is 9.95. The summed E-state index contributed by atoms with van der Waals surface area (Å²) in [5.74, 6) is 0. The molecule has 0 radical (unpaired) electrons. The molecule has 0 spiro atoms. The monoisotopic (exact) mass is 284 g/mol. The number of hydrogen-bond donors (Lipinski definition) is 0. The predicted octanol–water partition coefficient (Wildman–Crippen LogP) is 3.85. The lowest BCUT2D eigenvalue weighted by Crippen LogP contribution is -2.26. The van der Waals surface area contributed by atoms with Crippen molar-refractivity contribution in [2.24, 2.45) is 5.18 Å². The van der Waals surface area contributed by atoms with E-state index in [1.165, 1.54) is 4.90 Å². The Morgan fingerprint density at radius 2 is 1.81 bits per heavy atom. The topological polar surface area (TPSA) is 59.0 Å². The first kappa shape index (κ1) is 14.7. The molecule has 0 unspecified atom stereocenters. The summed E-state index contributed by atoms with van der Waals surface area (Å²) in [6, 6.07) is 16.3. The van der Waals surface area contributed by atoms with Gasteiger partial charge in [-0.25, -0.2) is 4.79 Å². The van der Waals surface area contributed by atoms with Crippen LogP contribution in [0.25, 0.3) is 0 Å². The molecular formula is C16H16N2O3. The highest BCUT2D eigenvalue weighted by Gasteiger charge is 2.11. The molecule has 0 saturated carbocycles. The highest BCUT2D eigenvalue weighted by Crippen LogP contribution is 2.15. The molecule has 0 aliphatic carbocycles. The van der Waals surface area contributed by atoms with Gasteiger partial charge in [-0.05, 0) is 28.4 Å². The van der Waals surface area contributed by atoms with Gasteiger partial charge in [-0.2, -0.15) is 0 Å². The number of carbonyl (C=O) groups excluding carboxylic acids is 1. The fraction of sp³-hybridized carbons (Fsp3) is 0.188. The molecule has 0 saturated heterocycles. The van der Waals surface area contributed by atoms with Crippen molar-refractivity contribution >= 4 is 11.8 Å². The van der Waals surface area contributed by atoms with Gasteiger partial charge in [-0.15, -0.1) is 4.91 Å². The van der Waals surface area contributed by atoms with Gasteiger partial charge >= 0.3 is 6.09 Å². The number of amides is 1. The molecule has 0 heterocycles. The van der Waals surface area contributed by atoms with E-state index < -0.39 is 6.09 Å². The molecule has 0 aliphatic heterocycles. The summed E-state index contributed by atoms with van der Waals surface area (Å²) in [7, 11) is 1.65. The maximum absolute atomic E-state index is 11.9. The lowest BCUT2D eigenvalue weighted by atomic mass is 10.2. The molecule has 108 valence electrons. The van der Waals surface area contributed by atoms with Crippen molar-refractivity contribution in [3.05, 3.63) is 70.6 Å². The average Bonchev–Trinajstić information content (AvgIpc) is 2.53. The Morgan fingerprint density at radius 3 is 2.52 bits per heavy atom. The number of nitrogens with zero attached hydrogens (tertiary/aromatic N) is 2. The first-order chi connectivity index (χ1) is 10.2. The smallest absolute Gasteiger partial charge is 0.410 e. The lowest BCUT2D eigenvalue weighted by molar-refractivity contribution is 0.103. The quantitative estimate of drug-likeness (QED) is 0.783. The van der Waals surface area contributed by atoms with Gasteiger partial charge in [0.15, 0.2) is 0 Å². The zero-order chi connectivity index (χ0) is 15.1. The van der Waals surface area contributed by atoms with E-state index in [0.717, 1.165) is 11.1 Å². The summed E-state index contributed by atoms with van der Waals surface area (Å²) in [4.78, 5) is 23.8. The standard InChI is InChI=1S/C16H16N2O3/c1-18(11-14-8-5-9-15(10-14)17-20)16(19)21-12-13-6-3-2-4-7-13/h2-10H,11-12H2,1H3. The lowest BCUT2D eigenvalue weighted by Gasteiger charge is -2.17. The molecule has 0 bridgehead atoms. The maximum Gasteiger partial charge on any atom is 0.410 e. The van der Waals surface area contributed by atoms with Crippen LogP contribution in [0.5, 0.6) is 0 Å². The van der Waals surface area contributed by atoms with E-state index in [0.29, 0.717) is 12.2 Å². The largest absolute Gasteiger partial charge is 0.445 e. The van der Waals surface area contributed by atoms with E-state index in [1.54, 1.807) is 25.2 Å². The Bertz CT molecular complexity index is 614. The molecule has 2 rings (SSSR count). The van der Waals surface area contributed by atoms with Gasteiger partial charge in [0.1, 0.15) is 12.3 Å². The second-order valence-corrected chi connectivity index (χ2v) is 4.66. The van der Waals surface area contributed by atoms with Crippen LogP contribution in [-0.4, -0.2) is 18.0 Å². The van der Waals surface area contributed by atoms with Crippen molar-refractivity contribution in [2.45, 2.75) is 13.2 Å². The van der Waals surface area contributed by atoms with Crippen LogP contribution in [0.4, 0.5) is 10.5 Å². The van der Waals surface area contributed by atoms with Crippen LogP contribution in [0.3, 0.4) is 0 Å². The zero-order valence-corrected chi connectivity index (χ0v) is 11.7. The van der Waals surface area contributed by atoms with Crippen molar-refractivity contribution in [1.82, 2.24) is 4.90 Å². The molecule has 21 heavy (non-hydrogen) atoms. The van der Waals surface area contributed by atoms with Crippen molar-refractivity contribution in [3.8, 4) is 0 Å². The molecule has 2 aromatic carbocycles. The Kier molecular flexibility index (Phi) is 5.04. The maximum atomic E-state index is 11.9. The van der Waals surface area contributed by atoms with E-state index in [9.17, 15) is 9.70 Å². The number of ether oxygens (including phenoxy) is 1. The summed E-state index contributed by atoms with van der Waals surface area (Å²) in [5.41, 5.74) is 2.11. The Hall–Kier alpha value is -2.69. The van der Waals surface area contributed by atoms with Gasteiger partial charge in [-0.1, -0.05) is 42.5 Å². The first-order valence-corrected chi connectivity index (χ1v) is 6.53. The van der Waals surface area contributed by atoms with E-state index in [-0.39, 0.29) is 6.61 Å². The number of hydrogen-bond acceptors (Lipinski definition) is 4. The Morgan fingerprint density at radius 1 is 1.10 bits per heavy atom. The SMILES string of the molecule is CN(Cc1cccc(N=O)c1)C(=O)OCc1ccccc1. The Balaban J connectivity index is 1.88. The highest BCUT2D eigenvalue weighted by molar-refractivity contribution is 5.67. The minimum Gasteiger partial charge on any atom is -0.445 e. The van der Waals surface area contributed by atoms with Crippen LogP contribution in [0.1, 0.15) is 11.1 Å². The summed E-state index contributed by atoms with van der Waals surface area (Å²) < 4.78 is 5.22. The van der Waals surface area contributed by atoms with Crippen LogP contribution >= 0.6 is 0 Å². The van der Waals surface area contributed by atoms with Gasteiger partial charge in [0.2, 0.25) is 0 Å². The van der Waals surface area contributed by atoms with Crippen molar-refractivity contribution < 1.29 is 9.53 Å². The fourth-order valence-corrected chi connectivity index (χ4v) is 1.88. The molecule has 1 amide bonds. The van der Waals surface area contributed by atoms with E-state index in [2.05, 4.69) is 5.18 Å². The molecule has 0 atom stereocenters. The second kappa shape index (κ2) is 7.19. The molecular weight excluding hydrogens is 268 g/mol. The van der Waals surface area contributed by atoms with Crippen LogP contribution < -0.4 is 0 Å². The number of rotatable bonds is 5. The molecule has 5 heteroatoms. The number of nitroso groups, excluding NO2 is 1. The van der Waals surface area contributed by atoms with Gasteiger partial charge in [0, 0.05) is 13.6 Å². The highest BCUT2D eigenvalue weighted by atomic mass is 16.6. The fourth-order valence-electron chi connectivity index (χ4n) is 1.88. The van der Waals surface area contributed by atoms with Crippen LogP contribution in [0.15, 0.2) is 59.8 Å². The third-order valence-electron chi connectivity index (χ3n) is 2.95. The summed E-state index contributed by atoms with van der Waals surface area (Å²) in [5, 5.41) is 2.87. The first-order valence-electron chi connectivity index (χ1n) is 6.53. The van der Waals surface area contributed by atoms with Crippen LogP contribution in [0, 0.1) is 4.91 Å². The van der Waals surface area contributed by atoms with Crippen molar-refractivity contribution in [1.29, 1.82) is 0 Å². The van der Waals surface area contributed by atoms with Crippen molar-refractivity contribution in [3.63, 3.8) is 0 Å². The van der Waals surface area contributed by atoms with Gasteiger partial charge < -0.3 is 9.64 Å². The second-order valence-electron chi connectivity index (χ2n) is 4.66. The van der Waals surface area contributed by atoms with Crippen molar-refractivity contribution in [2.75, 3.05) is 7.05 Å². The van der Waals surface area contributed by atoms with Crippen LogP contribution in [0.2, 0.25) is 0 Å². The minimum absolute atomic E-state index is 0.236. The summed E-state index contributed by atoms with van der Waals surface area (Å²) in [6.07, 6.45) is -0.414. The molecule has 0 N–H and O–H groups in total. The third-order valence-corrected chi connectivity index (χ3v) is 2.95. The summed E-state index contributed by atoms with van der Waals surface area (Å²) >= 11 is 0. The minimum atomic E-state index is -0.414. The van der Waals surface area contributed by atoms with Gasteiger partial charge in [0.05, 0.1) is 0 Å². The molecule has 0 aliphatic rings. The summed E-state index contributed by atoms with van der Waals surface area (Å²) in [6.45, 7) is 0.594. The number of carbonyl (C=O) groups is 1.